The van der Waals surface area contributed by atoms with Crippen LogP contribution in [0.5, 0.6) is 0 Å². The highest BCUT2D eigenvalue weighted by atomic mass is 16.5. The molecule has 0 aliphatic heterocycles. The Balaban J connectivity index is 2.86. The van der Waals surface area contributed by atoms with Gasteiger partial charge in [-0.1, -0.05) is 30.0 Å². The molecule has 0 fully saturated rings. The summed E-state index contributed by atoms with van der Waals surface area (Å²) in [6, 6.07) is 8.51. The SMILES string of the molecule is COCCN(Cc1ccccc1C#CCN)C(C)COC. The van der Waals surface area contributed by atoms with Crippen LogP contribution in [-0.2, 0) is 16.0 Å². The summed E-state index contributed by atoms with van der Waals surface area (Å²) in [6.07, 6.45) is 0. The van der Waals surface area contributed by atoms with Crippen LogP contribution < -0.4 is 5.73 Å². The van der Waals surface area contributed by atoms with Crippen LogP contribution in [0.15, 0.2) is 24.3 Å². The zero-order valence-corrected chi connectivity index (χ0v) is 13.3. The first-order chi connectivity index (χ1) is 10.2. The minimum absolute atomic E-state index is 0.320. The Hall–Kier alpha value is -1.38. The van der Waals surface area contributed by atoms with Crippen molar-refractivity contribution in [3.8, 4) is 11.8 Å². The summed E-state index contributed by atoms with van der Waals surface area (Å²) < 4.78 is 10.5. The molecule has 1 aromatic carbocycles. The summed E-state index contributed by atoms with van der Waals surface area (Å²) >= 11 is 0. The van der Waals surface area contributed by atoms with Gasteiger partial charge >= 0.3 is 0 Å². The van der Waals surface area contributed by atoms with E-state index in [4.69, 9.17) is 15.2 Å². The average molecular weight is 290 g/mol. The smallest absolute Gasteiger partial charge is 0.0615 e. The lowest BCUT2D eigenvalue weighted by Crippen LogP contribution is -2.38. The minimum atomic E-state index is 0.320. The molecule has 0 aliphatic carbocycles. The fraction of sp³-hybridized carbons (Fsp3) is 0.529. The van der Waals surface area contributed by atoms with Gasteiger partial charge in [0.25, 0.3) is 0 Å². The number of ether oxygens (including phenoxy) is 2. The molecule has 2 N–H and O–H groups in total. The van der Waals surface area contributed by atoms with Gasteiger partial charge in [-0.2, -0.15) is 0 Å². The molecule has 0 bridgehead atoms. The fourth-order valence-electron chi connectivity index (χ4n) is 2.16. The lowest BCUT2D eigenvalue weighted by atomic mass is 10.1. The number of rotatable bonds is 8. The van der Waals surface area contributed by atoms with Gasteiger partial charge < -0.3 is 15.2 Å². The van der Waals surface area contributed by atoms with E-state index in [1.807, 2.05) is 18.2 Å². The average Bonchev–Trinajstić information content (AvgIpc) is 2.50. The van der Waals surface area contributed by atoms with E-state index in [0.29, 0.717) is 25.8 Å². The van der Waals surface area contributed by atoms with E-state index in [1.54, 1.807) is 14.2 Å². The topological polar surface area (TPSA) is 47.7 Å². The highest BCUT2D eigenvalue weighted by Gasteiger charge is 2.15. The maximum Gasteiger partial charge on any atom is 0.0615 e. The summed E-state index contributed by atoms with van der Waals surface area (Å²) in [5.74, 6) is 6.07. The molecule has 4 nitrogen and oxygen atoms in total. The van der Waals surface area contributed by atoms with E-state index in [2.05, 4.69) is 29.7 Å². The third-order valence-corrected chi connectivity index (χ3v) is 3.33. The van der Waals surface area contributed by atoms with Gasteiger partial charge in [-0.25, -0.2) is 0 Å². The zero-order chi connectivity index (χ0) is 15.5. The predicted molar refractivity (Wildman–Crippen MR) is 86.0 cm³/mol. The second-order valence-electron chi connectivity index (χ2n) is 4.93. The van der Waals surface area contributed by atoms with Crippen LogP contribution in [0.4, 0.5) is 0 Å². The molecule has 0 heterocycles. The molecule has 116 valence electrons. The van der Waals surface area contributed by atoms with Crippen molar-refractivity contribution in [2.24, 2.45) is 5.73 Å². The van der Waals surface area contributed by atoms with Crippen LogP contribution in [0, 0.1) is 11.8 Å². The molecule has 4 heteroatoms. The van der Waals surface area contributed by atoms with E-state index in [0.717, 1.165) is 18.7 Å². The van der Waals surface area contributed by atoms with Crippen molar-refractivity contribution in [1.82, 2.24) is 4.90 Å². The lowest BCUT2D eigenvalue weighted by molar-refractivity contribution is 0.0705. The van der Waals surface area contributed by atoms with E-state index >= 15 is 0 Å². The molecule has 0 aliphatic rings. The van der Waals surface area contributed by atoms with Crippen molar-refractivity contribution in [3.05, 3.63) is 35.4 Å². The molecular formula is C17H26N2O2. The molecular weight excluding hydrogens is 264 g/mol. The van der Waals surface area contributed by atoms with Crippen molar-refractivity contribution < 1.29 is 9.47 Å². The number of nitrogens with zero attached hydrogens (tertiary/aromatic N) is 1. The van der Waals surface area contributed by atoms with E-state index in [9.17, 15) is 0 Å². The van der Waals surface area contributed by atoms with Gasteiger partial charge in [0.2, 0.25) is 0 Å². The van der Waals surface area contributed by atoms with Crippen LogP contribution in [0.1, 0.15) is 18.1 Å². The van der Waals surface area contributed by atoms with Gasteiger partial charge in [0.05, 0.1) is 19.8 Å². The van der Waals surface area contributed by atoms with E-state index in [1.165, 1.54) is 5.56 Å². The largest absolute Gasteiger partial charge is 0.383 e. The maximum absolute atomic E-state index is 5.46. The highest BCUT2D eigenvalue weighted by molar-refractivity contribution is 5.41. The monoisotopic (exact) mass is 290 g/mol. The molecule has 0 saturated heterocycles. The minimum Gasteiger partial charge on any atom is -0.383 e. The molecule has 0 spiro atoms. The standard InChI is InChI=1S/C17H26N2O2/c1-15(14-21-3)19(11-12-20-2)13-17-8-5-4-7-16(17)9-6-10-18/h4-5,7-8,15H,10-14,18H2,1-3H3. The Bertz CT molecular complexity index is 465. The van der Waals surface area contributed by atoms with Crippen molar-refractivity contribution in [3.63, 3.8) is 0 Å². The summed E-state index contributed by atoms with van der Waals surface area (Å²) in [5.41, 5.74) is 7.71. The normalized spacial score (nSPS) is 12.0. The van der Waals surface area contributed by atoms with E-state index in [-0.39, 0.29) is 0 Å². The first-order valence-electron chi connectivity index (χ1n) is 7.21. The highest BCUT2D eigenvalue weighted by Crippen LogP contribution is 2.13. The Kier molecular flexibility index (Phi) is 8.72. The van der Waals surface area contributed by atoms with Crippen LogP contribution in [0.25, 0.3) is 0 Å². The summed E-state index contributed by atoms with van der Waals surface area (Å²) in [6.45, 7) is 5.61. The van der Waals surface area contributed by atoms with Crippen LogP contribution in [0.2, 0.25) is 0 Å². The fourth-order valence-corrected chi connectivity index (χ4v) is 2.16. The van der Waals surface area contributed by atoms with Gasteiger partial charge in [0.1, 0.15) is 0 Å². The second kappa shape index (κ2) is 10.4. The van der Waals surface area contributed by atoms with Gasteiger partial charge in [-0.15, -0.1) is 0 Å². The van der Waals surface area contributed by atoms with Gasteiger partial charge in [0.15, 0.2) is 0 Å². The summed E-state index contributed by atoms with van der Waals surface area (Å²) in [7, 11) is 3.45. The summed E-state index contributed by atoms with van der Waals surface area (Å²) in [5, 5.41) is 0. The van der Waals surface area contributed by atoms with Gasteiger partial charge in [0, 0.05) is 38.9 Å². The maximum atomic E-state index is 5.46. The first kappa shape index (κ1) is 17.7. The van der Waals surface area contributed by atoms with Crippen LogP contribution in [0.3, 0.4) is 0 Å². The molecule has 1 aromatic rings. The molecule has 1 unspecified atom stereocenters. The number of hydrogen-bond donors (Lipinski definition) is 1. The molecule has 0 radical (unpaired) electrons. The number of benzene rings is 1. The van der Waals surface area contributed by atoms with E-state index < -0.39 is 0 Å². The van der Waals surface area contributed by atoms with Crippen molar-refractivity contribution in [2.45, 2.75) is 19.5 Å². The lowest BCUT2D eigenvalue weighted by Gasteiger charge is -2.28. The number of nitrogens with two attached hydrogens (primary N) is 1. The first-order valence-corrected chi connectivity index (χ1v) is 7.21. The molecule has 1 atom stereocenters. The Labute approximate surface area is 128 Å². The van der Waals surface area contributed by atoms with Gasteiger partial charge in [-0.3, -0.25) is 4.90 Å². The Morgan fingerprint density at radius 2 is 2.00 bits per heavy atom. The quantitative estimate of drug-likeness (QED) is 0.737. The molecule has 0 saturated carbocycles. The Morgan fingerprint density at radius 3 is 2.67 bits per heavy atom. The van der Waals surface area contributed by atoms with Crippen molar-refractivity contribution in [2.75, 3.05) is 40.5 Å². The molecule has 21 heavy (non-hydrogen) atoms. The summed E-state index contributed by atoms with van der Waals surface area (Å²) in [4.78, 5) is 2.34. The molecule has 0 aromatic heterocycles. The molecule has 0 amide bonds. The Morgan fingerprint density at radius 1 is 1.24 bits per heavy atom. The number of hydrogen-bond acceptors (Lipinski definition) is 4. The molecule has 1 rings (SSSR count). The third kappa shape index (κ3) is 6.28. The van der Waals surface area contributed by atoms with Crippen LogP contribution in [-0.4, -0.2) is 51.5 Å². The zero-order valence-electron chi connectivity index (χ0n) is 13.3. The van der Waals surface area contributed by atoms with Crippen molar-refractivity contribution >= 4 is 0 Å². The van der Waals surface area contributed by atoms with Crippen molar-refractivity contribution in [1.29, 1.82) is 0 Å². The second-order valence-corrected chi connectivity index (χ2v) is 4.93. The van der Waals surface area contributed by atoms with Gasteiger partial charge in [-0.05, 0) is 18.6 Å². The van der Waals surface area contributed by atoms with Crippen LogP contribution >= 0.6 is 0 Å². The predicted octanol–water partition coefficient (Wildman–Crippen LogP) is 1.48. The third-order valence-electron chi connectivity index (χ3n) is 3.33. The number of methoxy groups -OCH3 is 2.